The summed E-state index contributed by atoms with van der Waals surface area (Å²) >= 11 is 7.45. The first kappa shape index (κ1) is 16.4. The quantitative estimate of drug-likeness (QED) is 0.838. The molecular weight excluding hydrogens is 342 g/mol. The van der Waals surface area contributed by atoms with E-state index in [9.17, 15) is 13.6 Å². The fourth-order valence-electron chi connectivity index (χ4n) is 2.63. The van der Waals surface area contributed by atoms with E-state index in [-0.39, 0.29) is 0 Å². The molecule has 7 heteroatoms. The van der Waals surface area contributed by atoms with Gasteiger partial charge in [0.05, 0.1) is 4.34 Å². The molecule has 3 rings (SSSR count). The second-order valence-electron chi connectivity index (χ2n) is 5.37. The van der Waals surface area contributed by atoms with E-state index in [0.717, 1.165) is 27.9 Å². The van der Waals surface area contributed by atoms with E-state index in [0.29, 0.717) is 26.2 Å². The molecule has 1 amide bonds. The lowest BCUT2D eigenvalue weighted by atomic mass is 10.1. The Morgan fingerprint density at radius 1 is 1.09 bits per heavy atom. The largest absolute Gasteiger partial charge is 0.336 e. The summed E-state index contributed by atoms with van der Waals surface area (Å²) in [5.74, 6) is -2.21. The summed E-state index contributed by atoms with van der Waals surface area (Å²) in [6, 6.07) is 7.31. The van der Waals surface area contributed by atoms with Crippen LogP contribution >= 0.6 is 22.9 Å². The van der Waals surface area contributed by atoms with Crippen molar-refractivity contribution in [2.45, 2.75) is 6.54 Å². The van der Waals surface area contributed by atoms with Crippen LogP contribution in [0.5, 0.6) is 0 Å². The number of nitrogens with zero attached hydrogens (tertiary/aromatic N) is 2. The van der Waals surface area contributed by atoms with Crippen molar-refractivity contribution in [3.63, 3.8) is 0 Å². The maximum atomic E-state index is 13.7. The fourth-order valence-corrected chi connectivity index (χ4v) is 3.76. The molecule has 0 spiro atoms. The van der Waals surface area contributed by atoms with Crippen molar-refractivity contribution in [3.8, 4) is 0 Å². The number of piperazine rings is 1. The maximum absolute atomic E-state index is 13.7. The molecule has 0 atom stereocenters. The third-order valence-corrected chi connectivity index (χ3v) is 5.06. The molecule has 2 heterocycles. The average molecular weight is 357 g/mol. The minimum atomic E-state index is -0.814. The Kier molecular flexibility index (Phi) is 4.94. The van der Waals surface area contributed by atoms with Gasteiger partial charge in [-0.3, -0.25) is 9.69 Å². The number of halogens is 3. The highest BCUT2D eigenvalue weighted by Gasteiger charge is 2.26. The van der Waals surface area contributed by atoms with E-state index in [1.54, 1.807) is 0 Å². The highest BCUT2D eigenvalue weighted by molar-refractivity contribution is 7.16. The molecule has 0 bridgehead atoms. The van der Waals surface area contributed by atoms with Crippen LogP contribution in [-0.4, -0.2) is 41.9 Å². The standard InChI is InChI=1S/C16H15ClF2N2OS/c17-14-5-4-11(23-14)10-20-6-8-21(9-7-20)16(22)15-12(18)2-1-3-13(15)19/h1-5H,6-10H2. The van der Waals surface area contributed by atoms with E-state index in [2.05, 4.69) is 4.90 Å². The summed E-state index contributed by atoms with van der Waals surface area (Å²) in [7, 11) is 0. The van der Waals surface area contributed by atoms with Crippen molar-refractivity contribution in [2.75, 3.05) is 26.2 Å². The van der Waals surface area contributed by atoms with Crippen LogP contribution in [0.2, 0.25) is 4.34 Å². The van der Waals surface area contributed by atoms with Gasteiger partial charge in [0.15, 0.2) is 0 Å². The lowest BCUT2D eigenvalue weighted by Gasteiger charge is -2.34. The lowest BCUT2D eigenvalue weighted by Crippen LogP contribution is -2.48. The third kappa shape index (κ3) is 3.71. The van der Waals surface area contributed by atoms with Gasteiger partial charge in [-0.1, -0.05) is 17.7 Å². The van der Waals surface area contributed by atoms with Crippen molar-refractivity contribution in [2.24, 2.45) is 0 Å². The molecule has 0 N–H and O–H groups in total. The predicted molar refractivity (Wildman–Crippen MR) is 86.9 cm³/mol. The Labute approximate surface area is 142 Å². The van der Waals surface area contributed by atoms with Crippen LogP contribution in [0.4, 0.5) is 8.78 Å². The summed E-state index contributed by atoms with van der Waals surface area (Å²) < 4.78 is 28.2. The number of hydrogen-bond acceptors (Lipinski definition) is 3. The minimum absolute atomic E-state index is 0.450. The molecule has 1 fully saturated rings. The SMILES string of the molecule is O=C(c1c(F)cccc1F)N1CCN(Cc2ccc(Cl)s2)CC1. The Hall–Kier alpha value is -1.50. The predicted octanol–water partition coefficient (Wildman–Crippen LogP) is 3.64. The van der Waals surface area contributed by atoms with Crippen LogP contribution in [0, 0.1) is 11.6 Å². The average Bonchev–Trinajstić information content (AvgIpc) is 2.93. The highest BCUT2D eigenvalue weighted by atomic mass is 35.5. The van der Waals surface area contributed by atoms with E-state index in [1.807, 2.05) is 12.1 Å². The summed E-state index contributed by atoms with van der Waals surface area (Å²) in [5, 5.41) is 0. The number of carbonyl (C=O) groups excluding carboxylic acids is 1. The molecule has 1 aliphatic heterocycles. The van der Waals surface area contributed by atoms with Crippen LogP contribution in [0.15, 0.2) is 30.3 Å². The molecule has 0 aliphatic carbocycles. The number of hydrogen-bond donors (Lipinski definition) is 0. The normalized spacial score (nSPS) is 15.9. The molecule has 1 saturated heterocycles. The van der Waals surface area contributed by atoms with Crippen molar-refractivity contribution >= 4 is 28.8 Å². The van der Waals surface area contributed by atoms with E-state index in [1.165, 1.54) is 22.3 Å². The molecule has 122 valence electrons. The zero-order valence-electron chi connectivity index (χ0n) is 12.3. The van der Waals surface area contributed by atoms with Gasteiger partial charge in [0, 0.05) is 37.6 Å². The number of carbonyl (C=O) groups is 1. The Bertz CT molecular complexity index is 694. The van der Waals surface area contributed by atoms with Crippen LogP contribution in [0.3, 0.4) is 0 Å². The fraction of sp³-hybridized carbons (Fsp3) is 0.312. The molecule has 3 nitrogen and oxygen atoms in total. The summed E-state index contributed by atoms with van der Waals surface area (Å²) in [4.78, 5) is 17.2. The van der Waals surface area contributed by atoms with E-state index in [4.69, 9.17) is 11.6 Å². The van der Waals surface area contributed by atoms with Crippen molar-refractivity contribution in [3.05, 3.63) is 56.7 Å². The molecular formula is C16H15ClF2N2OS. The van der Waals surface area contributed by atoms with Gasteiger partial charge in [0.25, 0.3) is 5.91 Å². The molecule has 1 aromatic carbocycles. The van der Waals surface area contributed by atoms with Crippen LogP contribution in [0.1, 0.15) is 15.2 Å². The van der Waals surface area contributed by atoms with Crippen molar-refractivity contribution in [1.29, 1.82) is 0 Å². The second-order valence-corrected chi connectivity index (χ2v) is 7.17. The summed E-state index contributed by atoms with van der Waals surface area (Å²) in [5.41, 5.74) is -0.467. The van der Waals surface area contributed by atoms with E-state index >= 15 is 0 Å². The van der Waals surface area contributed by atoms with Crippen molar-refractivity contribution < 1.29 is 13.6 Å². The summed E-state index contributed by atoms with van der Waals surface area (Å²) in [6.45, 7) is 3.00. The van der Waals surface area contributed by atoms with Crippen molar-refractivity contribution in [1.82, 2.24) is 9.80 Å². The molecule has 0 unspecified atom stereocenters. The first-order valence-electron chi connectivity index (χ1n) is 7.24. The number of amides is 1. The van der Waals surface area contributed by atoms with Gasteiger partial charge < -0.3 is 4.90 Å². The molecule has 1 aliphatic rings. The smallest absolute Gasteiger partial charge is 0.259 e. The monoisotopic (exact) mass is 356 g/mol. The molecule has 0 saturated carbocycles. The van der Waals surface area contributed by atoms with Gasteiger partial charge in [-0.2, -0.15) is 0 Å². The van der Waals surface area contributed by atoms with Gasteiger partial charge in [-0.25, -0.2) is 8.78 Å². The first-order valence-corrected chi connectivity index (χ1v) is 8.44. The third-order valence-electron chi connectivity index (χ3n) is 3.84. The summed E-state index contributed by atoms with van der Waals surface area (Å²) in [6.07, 6.45) is 0. The number of rotatable bonds is 3. The topological polar surface area (TPSA) is 23.6 Å². The van der Waals surface area contributed by atoms with Gasteiger partial charge >= 0.3 is 0 Å². The minimum Gasteiger partial charge on any atom is -0.336 e. The molecule has 23 heavy (non-hydrogen) atoms. The Morgan fingerprint density at radius 2 is 1.74 bits per heavy atom. The maximum Gasteiger partial charge on any atom is 0.259 e. The first-order chi connectivity index (χ1) is 11.0. The Morgan fingerprint density at radius 3 is 2.30 bits per heavy atom. The zero-order chi connectivity index (χ0) is 16.4. The lowest BCUT2D eigenvalue weighted by molar-refractivity contribution is 0.0620. The van der Waals surface area contributed by atoms with Gasteiger partial charge in [0.2, 0.25) is 0 Å². The highest BCUT2D eigenvalue weighted by Crippen LogP contribution is 2.23. The van der Waals surface area contributed by atoms with E-state index < -0.39 is 23.1 Å². The van der Waals surface area contributed by atoms with Crippen LogP contribution in [-0.2, 0) is 6.54 Å². The second kappa shape index (κ2) is 6.95. The molecule has 1 aromatic heterocycles. The molecule has 0 radical (unpaired) electrons. The number of thiophene rings is 1. The zero-order valence-corrected chi connectivity index (χ0v) is 13.8. The van der Waals surface area contributed by atoms with Gasteiger partial charge in [0.1, 0.15) is 17.2 Å². The van der Waals surface area contributed by atoms with Gasteiger partial charge in [-0.15, -0.1) is 11.3 Å². The number of benzene rings is 1. The van der Waals surface area contributed by atoms with Crippen LogP contribution < -0.4 is 0 Å². The molecule has 2 aromatic rings. The van der Waals surface area contributed by atoms with Crippen LogP contribution in [0.25, 0.3) is 0 Å². The Balaban J connectivity index is 1.61. The van der Waals surface area contributed by atoms with Gasteiger partial charge in [-0.05, 0) is 24.3 Å².